The highest BCUT2D eigenvalue weighted by molar-refractivity contribution is 5.75. The van der Waals surface area contributed by atoms with E-state index in [1.54, 1.807) is 24.3 Å². The van der Waals surface area contributed by atoms with Gasteiger partial charge in [-0.1, -0.05) is 39.8 Å². The minimum atomic E-state index is -1.40. The molecule has 27 heavy (non-hydrogen) atoms. The van der Waals surface area contributed by atoms with E-state index >= 15 is 0 Å². The second-order valence-electron chi connectivity index (χ2n) is 8.07. The number of carbonyl (C=O) groups excluding carboxylic acids is 1. The lowest BCUT2D eigenvalue weighted by Gasteiger charge is -2.32. The zero-order valence-electron chi connectivity index (χ0n) is 17.8. The van der Waals surface area contributed by atoms with E-state index < -0.39 is 23.8 Å². The maximum atomic E-state index is 14.1. The summed E-state index contributed by atoms with van der Waals surface area (Å²) in [6, 6.07) is 6.33. The Morgan fingerprint density at radius 1 is 1.11 bits per heavy atom. The molecule has 0 aliphatic rings. The molecule has 1 rings (SSSR count). The maximum absolute atomic E-state index is 14.1. The van der Waals surface area contributed by atoms with Crippen LogP contribution in [0.1, 0.15) is 66.9 Å². The molecule has 0 bridgehead atoms. The molecule has 5 heteroatoms. The molecule has 1 aromatic carbocycles. The van der Waals surface area contributed by atoms with Gasteiger partial charge in [0.15, 0.2) is 0 Å². The van der Waals surface area contributed by atoms with Crippen LogP contribution in [-0.2, 0) is 15.2 Å². The fourth-order valence-corrected chi connectivity index (χ4v) is 3.02. The lowest BCUT2D eigenvalue weighted by Crippen LogP contribution is -2.44. The Hall–Kier alpha value is -1.62. The van der Waals surface area contributed by atoms with E-state index in [4.69, 9.17) is 15.2 Å². The molecule has 154 valence electrons. The second-order valence-corrected chi connectivity index (χ2v) is 8.07. The smallest absolute Gasteiger partial charge is 0.323 e. The summed E-state index contributed by atoms with van der Waals surface area (Å²) in [5.41, 5.74) is 5.10. The van der Waals surface area contributed by atoms with Crippen LogP contribution in [0.25, 0.3) is 0 Å². The maximum Gasteiger partial charge on any atom is 0.323 e. The zero-order valence-corrected chi connectivity index (χ0v) is 17.8. The third-order valence-corrected chi connectivity index (χ3v) is 5.08. The van der Waals surface area contributed by atoms with Crippen molar-refractivity contribution >= 4 is 5.97 Å². The Bertz CT molecular complexity index is 576. The van der Waals surface area contributed by atoms with E-state index in [0.29, 0.717) is 11.3 Å². The molecule has 0 amide bonds. The molecule has 0 saturated heterocycles. The molecular formula is C22H36FNO3. The average molecular weight is 382 g/mol. The quantitative estimate of drug-likeness (QED) is 0.580. The van der Waals surface area contributed by atoms with Gasteiger partial charge in [0.1, 0.15) is 29.7 Å². The van der Waals surface area contributed by atoms with E-state index in [2.05, 4.69) is 13.8 Å². The van der Waals surface area contributed by atoms with Crippen molar-refractivity contribution in [3.63, 3.8) is 0 Å². The third kappa shape index (κ3) is 6.80. The molecule has 0 saturated carbocycles. The van der Waals surface area contributed by atoms with Gasteiger partial charge < -0.3 is 15.2 Å². The molecule has 0 aromatic heterocycles. The van der Waals surface area contributed by atoms with Crippen molar-refractivity contribution < 1.29 is 18.7 Å². The first-order valence-electron chi connectivity index (χ1n) is 9.93. The van der Waals surface area contributed by atoms with Crippen molar-refractivity contribution in [2.75, 3.05) is 0 Å². The van der Waals surface area contributed by atoms with Crippen LogP contribution in [0, 0.1) is 11.8 Å². The molecule has 4 nitrogen and oxygen atoms in total. The Morgan fingerprint density at radius 2 is 1.63 bits per heavy atom. The fourth-order valence-electron chi connectivity index (χ4n) is 3.02. The Kier molecular flexibility index (Phi) is 8.73. The van der Waals surface area contributed by atoms with Crippen molar-refractivity contribution in [2.24, 2.45) is 17.6 Å². The number of benzene rings is 1. The lowest BCUT2D eigenvalue weighted by molar-refractivity contribution is -0.157. The summed E-state index contributed by atoms with van der Waals surface area (Å²) < 4.78 is 25.9. The number of carbonyl (C=O) groups is 1. The number of alkyl halides is 1. The minimum Gasteiger partial charge on any atom is -0.486 e. The van der Waals surface area contributed by atoms with Gasteiger partial charge in [0, 0.05) is 0 Å². The number of hydrogen-bond acceptors (Lipinski definition) is 4. The summed E-state index contributed by atoms with van der Waals surface area (Å²) in [4.78, 5) is 12.3. The first kappa shape index (κ1) is 23.4. The first-order chi connectivity index (χ1) is 12.5. The van der Waals surface area contributed by atoms with E-state index in [9.17, 15) is 9.18 Å². The van der Waals surface area contributed by atoms with Gasteiger partial charge in [-0.25, -0.2) is 4.39 Å². The summed E-state index contributed by atoms with van der Waals surface area (Å²) in [7, 11) is 0. The Morgan fingerprint density at radius 3 is 2.04 bits per heavy atom. The number of hydrogen-bond donors (Lipinski definition) is 1. The van der Waals surface area contributed by atoms with Crippen LogP contribution >= 0.6 is 0 Å². The molecule has 0 fully saturated rings. The predicted octanol–water partition coefficient (Wildman–Crippen LogP) is 4.99. The number of ether oxygens (including phenoxy) is 2. The molecule has 3 atom stereocenters. The van der Waals surface area contributed by atoms with Crippen molar-refractivity contribution in [3.05, 3.63) is 29.8 Å². The van der Waals surface area contributed by atoms with Gasteiger partial charge in [-0.3, -0.25) is 4.79 Å². The van der Waals surface area contributed by atoms with Crippen molar-refractivity contribution in [3.8, 4) is 5.75 Å². The molecule has 1 aromatic rings. The van der Waals surface area contributed by atoms with Crippen LogP contribution in [-0.4, -0.2) is 24.2 Å². The van der Waals surface area contributed by atoms with Gasteiger partial charge in [-0.2, -0.15) is 0 Å². The third-order valence-electron chi connectivity index (χ3n) is 5.08. The molecule has 0 aliphatic carbocycles. The standard InChI is InChI=1S/C22H36FNO3/c1-8-16(9-2)20(15(5)26-21(25)19(24)14(3)4)27-18-12-10-17(11-13-18)22(6,7)23/h10-16,19-20H,8-9,24H2,1-7H3/t15-,19-,20-/m0/s1. The Balaban J connectivity index is 2.96. The molecule has 0 unspecified atom stereocenters. The second kappa shape index (κ2) is 10.1. The van der Waals surface area contributed by atoms with E-state index in [-0.39, 0.29) is 17.9 Å². The molecule has 0 radical (unpaired) electrons. The van der Waals surface area contributed by atoms with Gasteiger partial charge in [0.2, 0.25) is 0 Å². The largest absolute Gasteiger partial charge is 0.486 e. The monoisotopic (exact) mass is 381 g/mol. The van der Waals surface area contributed by atoms with Crippen molar-refractivity contribution in [2.45, 2.75) is 85.2 Å². The number of rotatable bonds is 10. The van der Waals surface area contributed by atoms with E-state index in [0.717, 1.165) is 12.8 Å². The minimum absolute atomic E-state index is 0.00816. The first-order valence-corrected chi connectivity index (χ1v) is 9.93. The number of nitrogens with two attached hydrogens (primary N) is 1. The van der Waals surface area contributed by atoms with Crippen LogP contribution in [0.4, 0.5) is 4.39 Å². The molecular weight excluding hydrogens is 345 g/mol. The highest BCUT2D eigenvalue weighted by Gasteiger charge is 2.31. The summed E-state index contributed by atoms with van der Waals surface area (Å²) in [6.45, 7) is 12.8. The van der Waals surface area contributed by atoms with Crippen molar-refractivity contribution in [1.82, 2.24) is 0 Å². The highest BCUT2D eigenvalue weighted by atomic mass is 19.1. The zero-order chi connectivity index (χ0) is 20.8. The topological polar surface area (TPSA) is 61.5 Å². The molecule has 0 spiro atoms. The Labute approximate surface area is 163 Å². The highest BCUT2D eigenvalue weighted by Crippen LogP contribution is 2.29. The van der Waals surface area contributed by atoms with Crippen LogP contribution in [0.3, 0.4) is 0 Å². The molecule has 0 aliphatic heterocycles. The fraction of sp³-hybridized carbons (Fsp3) is 0.682. The van der Waals surface area contributed by atoms with E-state index in [1.165, 1.54) is 13.8 Å². The van der Waals surface area contributed by atoms with Crippen LogP contribution in [0.15, 0.2) is 24.3 Å². The van der Waals surface area contributed by atoms with Gasteiger partial charge in [-0.15, -0.1) is 0 Å². The summed E-state index contributed by atoms with van der Waals surface area (Å²) in [5, 5.41) is 0. The SMILES string of the molecule is CCC(CC)[C@@H](Oc1ccc(C(C)(C)F)cc1)[C@H](C)OC(=O)[C@@H](N)C(C)C. The van der Waals surface area contributed by atoms with Gasteiger partial charge in [0.05, 0.1) is 0 Å². The summed E-state index contributed by atoms with van der Waals surface area (Å²) in [5.74, 6) is 0.455. The summed E-state index contributed by atoms with van der Waals surface area (Å²) >= 11 is 0. The molecule has 2 N–H and O–H groups in total. The van der Waals surface area contributed by atoms with Crippen LogP contribution in [0.5, 0.6) is 5.75 Å². The number of esters is 1. The van der Waals surface area contributed by atoms with E-state index in [1.807, 2.05) is 20.8 Å². The molecule has 0 heterocycles. The average Bonchev–Trinajstić information content (AvgIpc) is 2.60. The lowest BCUT2D eigenvalue weighted by atomic mass is 9.92. The number of halogens is 1. The predicted molar refractivity (Wildman–Crippen MR) is 107 cm³/mol. The van der Waals surface area contributed by atoms with Crippen LogP contribution in [0.2, 0.25) is 0 Å². The summed E-state index contributed by atoms with van der Waals surface area (Å²) in [6.07, 6.45) is 1.06. The van der Waals surface area contributed by atoms with Crippen molar-refractivity contribution in [1.29, 1.82) is 0 Å². The van der Waals surface area contributed by atoms with Gasteiger partial charge in [-0.05, 0) is 63.1 Å². The van der Waals surface area contributed by atoms with Gasteiger partial charge in [0.25, 0.3) is 0 Å². The van der Waals surface area contributed by atoms with Crippen LogP contribution < -0.4 is 10.5 Å². The van der Waals surface area contributed by atoms with Gasteiger partial charge >= 0.3 is 5.97 Å². The normalized spacial score (nSPS) is 15.5.